The van der Waals surface area contributed by atoms with E-state index in [0.717, 1.165) is 13.0 Å². The fraction of sp³-hybridized carbons (Fsp3) is 0.923. The molecule has 1 aliphatic rings. The van der Waals surface area contributed by atoms with Gasteiger partial charge in [-0.2, -0.15) is 0 Å². The van der Waals surface area contributed by atoms with Crippen molar-refractivity contribution in [1.29, 1.82) is 0 Å². The first-order valence-corrected chi connectivity index (χ1v) is 6.44. The lowest BCUT2D eigenvalue weighted by Gasteiger charge is -2.20. The topological polar surface area (TPSA) is 56.8 Å². The molecule has 2 atom stereocenters. The van der Waals surface area contributed by atoms with Gasteiger partial charge in [-0.25, -0.2) is 0 Å². The van der Waals surface area contributed by atoms with Gasteiger partial charge >= 0.3 is 5.97 Å². The van der Waals surface area contributed by atoms with Crippen LogP contribution < -0.4 is 5.32 Å². The summed E-state index contributed by atoms with van der Waals surface area (Å²) in [7, 11) is 1.66. The number of methoxy groups -OCH3 is 1. The molecule has 2 unspecified atom stereocenters. The van der Waals surface area contributed by atoms with Gasteiger partial charge in [0.1, 0.15) is 0 Å². The van der Waals surface area contributed by atoms with Crippen molar-refractivity contribution in [2.24, 2.45) is 11.3 Å². The first-order valence-electron chi connectivity index (χ1n) is 6.44. The van der Waals surface area contributed by atoms with Gasteiger partial charge in [-0.3, -0.25) is 10.1 Å². The number of carbonyl (C=O) groups excluding carboxylic acids is 1. The minimum Gasteiger partial charge on any atom is -0.446 e. The standard InChI is InChI=1S/C13H25NO4/c1-13(2,3)12(15)18-11-7-10(8-14-11)9-17-6-5-16-4/h10-11,14H,5-9H2,1-4H3. The third-order valence-electron chi connectivity index (χ3n) is 2.83. The van der Waals surface area contributed by atoms with Crippen LogP contribution >= 0.6 is 0 Å². The van der Waals surface area contributed by atoms with Crippen LogP contribution in [0, 0.1) is 11.3 Å². The van der Waals surface area contributed by atoms with Crippen molar-refractivity contribution in [3.63, 3.8) is 0 Å². The average Bonchev–Trinajstić information content (AvgIpc) is 2.71. The van der Waals surface area contributed by atoms with Crippen molar-refractivity contribution in [3.05, 3.63) is 0 Å². The predicted molar refractivity (Wildman–Crippen MR) is 68.1 cm³/mol. The highest BCUT2D eigenvalue weighted by Crippen LogP contribution is 2.21. The van der Waals surface area contributed by atoms with E-state index in [1.165, 1.54) is 0 Å². The van der Waals surface area contributed by atoms with Gasteiger partial charge in [-0.15, -0.1) is 0 Å². The molecule has 106 valence electrons. The van der Waals surface area contributed by atoms with Crippen molar-refractivity contribution in [2.75, 3.05) is 33.5 Å². The number of esters is 1. The molecule has 0 amide bonds. The molecule has 1 fully saturated rings. The van der Waals surface area contributed by atoms with Crippen LogP contribution in [0.3, 0.4) is 0 Å². The summed E-state index contributed by atoms with van der Waals surface area (Å²) in [6.45, 7) is 8.30. The molecule has 1 saturated heterocycles. The molecule has 5 heteroatoms. The SMILES string of the molecule is COCCOCC1CNC(OC(=O)C(C)(C)C)C1. The highest BCUT2D eigenvalue weighted by atomic mass is 16.6. The Morgan fingerprint density at radius 2 is 2.06 bits per heavy atom. The van der Waals surface area contributed by atoms with E-state index in [1.54, 1.807) is 7.11 Å². The maximum absolute atomic E-state index is 11.7. The Kier molecular flexibility index (Phi) is 6.05. The molecule has 0 radical (unpaired) electrons. The van der Waals surface area contributed by atoms with Crippen LogP contribution in [0.15, 0.2) is 0 Å². The summed E-state index contributed by atoms with van der Waals surface area (Å²) in [6, 6.07) is 0. The Bertz CT molecular complexity index is 262. The Morgan fingerprint density at radius 3 is 2.67 bits per heavy atom. The molecule has 0 spiro atoms. The molecule has 1 heterocycles. The maximum atomic E-state index is 11.7. The first-order chi connectivity index (χ1) is 8.43. The van der Waals surface area contributed by atoms with Crippen LogP contribution in [0.2, 0.25) is 0 Å². The molecule has 0 aromatic rings. The van der Waals surface area contributed by atoms with Gasteiger partial charge in [0, 0.05) is 20.1 Å². The van der Waals surface area contributed by atoms with E-state index >= 15 is 0 Å². The summed E-state index contributed by atoms with van der Waals surface area (Å²) in [5.74, 6) is 0.237. The Labute approximate surface area is 109 Å². The zero-order chi connectivity index (χ0) is 13.6. The predicted octanol–water partition coefficient (Wildman–Crippen LogP) is 1.17. The van der Waals surface area contributed by atoms with Crippen molar-refractivity contribution >= 4 is 5.97 Å². The van der Waals surface area contributed by atoms with Gasteiger partial charge < -0.3 is 14.2 Å². The molecular weight excluding hydrogens is 234 g/mol. The lowest BCUT2D eigenvalue weighted by Crippen LogP contribution is -2.33. The molecule has 0 bridgehead atoms. The van der Waals surface area contributed by atoms with Crippen molar-refractivity contribution in [2.45, 2.75) is 33.4 Å². The Balaban J connectivity index is 2.19. The summed E-state index contributed by atoms with van der Waals surface area (Å²) < 4.78 is 15.8. The van der Waals surface area contributed by atoms with E-state index < -0.39 is 5.41 Å². The van der Waals surface area contributed by atoms with E-state index in [2.05, 4.69) is 5.32 Å². The molecule has 0 aromatic carbocycles. The Morgan fingerprint density at radius 1 is 1.33 bits per heavy atom. The van der Waals surface area contributed by atoms with Crippen LogP contribution in [0.4, 0.5) is 0 Å². The first kappa shape index (κ1) is 15.4. The van der Waals surface area contributed by atoms with Crippen LogP contribution in [0.1, 0.15) is 27.2 Å². The molecule has 1 aliphatic heterocycles. The summed E-state index contributed by atoms with van der Waals surface area (Å²) in [4.78, 5) is 11.7. The molecule has 5 nitrogen and oxygen atoms in total. The second-order valence-corrected chi connectivity index (χ2v) is 5.72. The summed E-state index contributed by atoms with van der Waals surface area (Å²) in [5.41, 5.74) is -0.450. The Hall–Kier alpha value is -0.650. The second kappa shape index (κ2) is 7.07. The van der Waals surface area contributed by atoms with Crippen LogP contribution in [0.5, 0.6) is 0 Å². The van der Waals surface area contributed by atoms with Gasteiger partial charge in [0.2, 0.25) is 0 Å². The van der Waals surface area contributed by atoms with E-state index in [4.69, 9.17) is 14.2 Å². The molecule has 0 aliphatic carbocycles. The zero-order valence-corrected chi connectivity index (χ0v) is 11.8. The number of nitrogens with one attached hydrogen (secondary N) is 1. The lowest BCUT2D eigenvalue weighted by molar-refractivity contribution is -0.159. The van der Waals surface area contributed by atoms with Gasteiger partial charge in [-0.05, 0) is 26.7 Å². The van der Waals surface area contributed by atoms with Gasteiger partial charge in [0.05, 0.1) is 25.2 Å². The van der Waals surface area contributed by atoms with Gasteiger partial charge in [0.15, 0.2) is 6.23 Å². The number of hydrogen-bond donors (Lipinski definition) is 1. The average molecular weight is 259 g/mol. The maximum Gasteiger partial charge on any atom is 0.312 e. The van der Waals surface area contributed by atoms with Crippen LogP contribution in [0.25, 0.3) is 0 Å². The molecule has 1 N–H and O–H groups in total. The third-order valence-corrected chi connectivity index (χ3v) is 2.83. The van der Waals surface area contributed by atoms with Gasteiger partial charge in [0.25, 0.3) is 0 Å². The van der Waals surface area contributed by atoms with Crippen molar-refractivity contribution in [3.8, 4) is 0 Å². The largest absolute Gasteiger partial charge is 0.446 e. The normalized spacial score (nSPS) is 24.2. The van der Waals surface area contributed by atoms with Crippen LogP contribution in [-0.4, -0.2) is 45.7 Å². The summed E-state index contributed by atoms with van der Waals surface area (Å²) in [6.07, 6.45) is 0.641. The quantitative estimate of drug-likeness (QED) is 0.573. The van der Waals surface area contributed by atoms with Gasteiger partial charge in [-0.1, -0.05) is 0 Å². The molecule has 18 heavy (non-hydrogen) atoms. The minimum atomic E-state index is -0.450. The minimum absolute atomic E-state index is 0.166. The molecule has 1 rings (SSSR count). The van der Waals surface area contributed by atoms with Crippen molar-refractivity contribution < 1.29 is 19.0 Å². The molecule has 0 saturated carbocycles. The fourth-order valence-electron chi connectivity index (χ4n) is 1.68. The number of rotatable bonds is 6. The number of hydrogen-bond acceptors (Lipinski definition) is 5. The van der Waals surface area contributed by atoms with Crippen LogP contribution in [-0.2, 0) is 19.0 Å². The molecular formula is C13H25NO4. The highest BCUT2D eigenvalue weighted by molar-refractivity contribution is 5.75. The monoisotopic (exact) mass is 259 g/mol. The van der Waals surface area contributed by atoms with Crippen molar-refractivity contribution in [1.82, 2.24) is 5.32 Å². The van der Waals surface area contributed by atoms with E-state index in [1.807, 2.05) is 20.8 Å². The molecule has 0 aromatic heterocycles. The number of carbonyl (C=O) groups is 1. The van der Waals surface area contributed by atoms with E-state index in [9.17, 15) is 4.79 Å². The third kappa shape index (κ3) is 5.33. The zero-order valence-electron chi connectivity index (χ0n) is 11.8. The summed E-state index contributed by atoms with van der Waals surface area (Å²) in [5, 5.41) is 3.20. The van der Waals surface area contributed by atoms with E-state index in [-0.39, 0.29) is 12.2 Å². The second-order valence-electron chi connectivity index (χ2n) is 5.72. The van der Waals surface area contributed by atoms with E-state index in [0.29, 0.717) is 25.7 Å². The smallest absolute Gasteiger partial charge is 0.312 e. The fourth-order valence-corrected chi connectivity index (χ4v) is 1.68. The lowest BCUT2D eigenvalue weighted by atomic mass is 9.97. The highest BCUT2D eigenvalue weighted by Gasteiger charge is 2.31. The summed E-state index contributed by atoms with van der Waals surface area (Å²) >= 11 is 0. The number of ether oxygens (including phenoxy) is 3.